The molecule has 0 aliphatic rings. The SMILES string of the molecule is CC(=O)NCc1ccc(C(=O)COC(=O)c2ccc(OCCC(C)C)cc2)s1. The molecule has 0 fully saturated rings. The van der Waals surface area contributed by atoms with E-state index in [4.69, 9.17) is 9.47 Å². The minimum Gasteiger partial charge on any atom is -0.494 e. The third-order valence-electron chi connectivity index (χ3n) is 3.84. The molecule has 1 heterocycles. The first-order chi connectivity index (χ1) is 13.3. The fourth-order valence-corrected chi connectivity index (χ4v) is 3.09. The summed E-state index contributed by atoms with van der Waals surface area (Å²) in [5, 5.41) is 2.67. The van der Waals surface area contributed by atoms with Crippen LogP contribution in [0.1, 0.15) is 52.1 Å². The number of benzene rings is 1. The second-order valence-electron chi connectivity index (χ2n) is 6.73. The quantitative estimate of drug-likeness (QED) is 0.481. The van der Waals surface area contributed by atoms with Gasteiger partial charge in [0.15, 0.2) is 6.61 Å². The number of carbonyl (C=O) groups excluding carboxylic acids is 3. The maximum Gasteiger partial charge on any atom is 0.338 e. The Morgan fingerprint density at radius 1 is 1.07 bits per heavy atom. The van der Waals surface area contributed by atoms with E-state index in [1.165, 1.54) is 18.3 Å². The Bertz CT molecular complexity index is 810. The van der Waals surface area contributed by atoms with Crippen molar-refractivity contribution in [2.75, 3.05) is 13.2 Å². The second-order valence-corrected chi connectivity index (χ2v) is 7.90. The molecule has 0 bridgehead atoms. The Balaban J connectivity index is 1.81. The van der Waals surface area contributed by atoms with Gasteiger partial charge in [0.05, 0.1) is 23.6 Å². The smallest absolute Gasteiger partial charge is 0.338 e. The monoisotopic (exact) mass is 403 g/mol. The van der Waals surface area contributed by atoms with Crippen LogP contribution in [0, 0.1) is 5.92 Å². The van der Waals surface area contributed by atoms with Crippen molar-refractivity contribution in [3.05, 3.63) is 51.7 Å². The van der Waals surface area contributed by atoms with Crippen molar-refractivity contribution in [3.63, 3.8) is 0 Å². The number of rotatable bonds is 10. The van der Waals surface area contributed by atoms with E-state index in [-0.39, 0.29) is 18.3 Å². The average molecular weight is 404 g/mol. The summed E-state index contributed by atoms with van der Waals surface area (Å²) < 4.78 is 10.7. The van der Waals surface area contributed by atoms with Crippen molar-refractivity contribution >= 4 is 29.0 Å². The first-order valence-corrected chi connectivity index (χ1v) is 9.93. The van der Waals surface area contributed by atoms with Crippen LogP contribution in [-0.4, -0.2) is 30.9 Å². The van der Waals surface area contributed by atoms with Gasteiger partial charge in [0.1, 0.15) is 5.75 Å². The Morgan fingerprint density at radius 3 is 2.43 bits per heavy atom. The highest BCUT2D eigenvalue weighted by molar-refractivity contribution is 7.14. The molecule has 0 spiro atoms. The van der Waals surface area contributed by atoms with Gasteiger partial charge in [0.2, 0.25) is 11.7 Å². The van der Waals surface area contributed by atoms with Crippen LogP contribution in [-0.2, 0) is 16.1 Å². The van der Waals surface area contributed by atoms with E-state index >= 15 is 0 Å². The van der Waals surface area contributed by atoms with Gasteiger partial charge in [-0.25, -0.2) is 4.79 Å². The van der Waals surface area contributed by atoms with Crippen LogP contribution < -0.4 is 10.1 Å². The molecule has 6 nitrogen and oxygen atoms in total. The minimum absolute atomic E-state index is 0.133. The zero-order chi connectivity index (χ0) is 20.5. The lowest BCUT2D eigenvalue weighted by molar-refractivity contribution is -0.119. The molecule has 150 valence electrons. The molecule has 1 N–H and O–H groups in total. The molecule has 28 heavy (non-hydrogen) atoms. The first kappa shape index (κ1) is 21.6. The molecule has 1 aromatic heterocycles. The maximum absolute atomic E-state index is 12.2. The van der Waals surface area contributed by atoms with Gasteiger partial charge in [-0.3, -0.25) is 9.59 Å². The summed E-state index contributed by atoms with van der Waals surface area (Å²) >= 11 is 1.27. The highest BCUT2D eigenvalue weighted by Gasteiger charge is 2.14. The van der Waals surface area contributed by atoms with Gasteiger partial charge in [-0.15, -0.1) is 11.3 Å². The molecule has 0 saturated heterocycles. The molecule has 7 heteroatoms. The summed E-state index contributed by atoms with van der Waals surface area (Å²) in [6.45, 7) is 6.36. The van der Waals surface area contributed by atoms with Gasteiger partial charge in [0.25, 0.3) is 0 Å². The predicted octanol–water partition coefficient (Wildman–Crippen LogP) is 3.85. The molecule has 0 atom stereocenters. The lowest BCUT2D eigenvalue weighted by atomic mass is 10.1. The third kappa shape index (κ3) is 7.15. The summed E-state index contributed by atoms with van der Waals surface area (Å²) in [6.07, 6.45) is 0.959. The number of hydrogen-bond acceptors (Lipinski definition) is 6. The van der Waals surface area contributed by atoms with Gasteiger partial charge in [-0.1, -0.05) is 13.8 Å². The number of amides is 1. The summed E-state index contributed by atoms with van der Waals surface area (Å²) in [4.78, 5) is 36.6. The van der Waals surface area contributed by atoms with Crippen molar-refractivity contribution in [1.29, 1.82) is 0 Å². The summed E-state index contributed by atoms with van der Waals surface area (Å²) in [5.41, 5.74) is 0.363. The molecule has 0 saturated carbocycles. The summed E-state index contributed by atoms with van der Waals surface area (Å²) in [5.74, 6) is 0.292. The minimum atomic E-state index is -0.558. The zero-order valence-corrected chi connectivity index (χ0v) is 17.1. The third-order valence-corrected chi connectivity index (χ3v) is 4.96. The number of ketones is 1. The topological polar surface area (TPSA) is 81.7 Å². The number of carbonyl (C=O) groups is 3. The molecule has 0 aliphatic heterocycles. The fraction of sp³-hybridized carbons (Fsp3) is 0.381. The van der Waals surface area contributed by atoms with E-state index in [0.29, 0.717) is 35.3 Å². The zero-order valence-electron chi connectivity index (χ0n) is 16.3. The second kappa shape index (κ2) is 10.6. The van der Waals surface area contributed by atoms with Crippen LogP contribution in [0.3, 0.4) is 0 Å². The Morgan fingerprint density at radius 2 is 1.79 bits per heavy atom. The number of hydrogen-bond donors (Lipinski definition) is 1. The van der Waals surface area contributed by atoms with Crippen LogP contribution in [0.2, 0.25) is 0 Å². The van der Waals surface area contributed by atoms with E-state index < -0.39 is 5.97 Å². The van der Waals surface area contributed by atoms with Crippen molar-refractivity contribution in [2.24, 2.45) is 5.92 Å². The van der Waals surface area contributed by atoms with E-state index in [0.717, 1.165) is 11.3 Å². The van der Waals surface area contributed by atoms with Crippen molar-refractivity contribution in [1.82, 2.24) is 5.32 Å². The predicted molar refractivity (Wildman–Crippen MR) is 108 cm³/mol. The van der Waals surface area contributed by atoms with Gasteiger partial charge in [-0.2, -0.15) is 0 Å². The Kier molecular flexibility index (Phi) is 8.19. The van der Waals surface area contributed by atoms with Crippen LogP contribution in [0.15, 0.2) is 36.4 Å². The van der Waals surface area contributed by atoms with E-state index in [2.05, 4.69) is 19.2 Å². The van der Waals surface area contributed by atoms with Gasteiger partial charge in [0, 0.05) is 11.8 Å². The lowest BCUT2D eigenvalue weighted by Crippen LogP contribution is -2.18. The highest BCUT2D eigenvalue weighted by Crippen LogP contribution is 2.18. The fourth-order valence-electron chi connectivity index (χ4n) is 2.22. The van der Waals surface area contributed by atoms with Gasteiger partial charge < -0.3 is 14.8 Å². The standard InChI is InChI=1S/C21H25NO5S/c1-14(2)10-11-26-17-6-4-16(5-7-17)21(25)27-13-19(24)20-9-8-18(28-20)12-22-15(3)23/h4-9,14H,10-13H2,1-3H3,(H,22,23). The summed E-state index contributed by atoms with van der Waals surface area (Å²) in [6, 6.07) is 10.1. The van der Waals surface area contributed by atoms with E-state index in [1.54, 1.807) is 36.4 Å². The van der Waals surface area contributed by atoms with Gasteiger partial charge >= 0.3 is 5.97 Å². The van der Waals surface area contributed by atoms with Crippen LogP contribution in [0.4, 0.5) is 0 Å². The normalized spacial score (nSPS) is 10.6. The number of ether oxygens (including phenoxy) is 2. The maximum atomic E-state index is 12.2. The number of thiophene rings is 1. The average Bonchev–Trinajstić information content (AvgIpc) is 3.13. The number of esters is 1. The number of Topliss-reactive ketones (excluding diaryl/α,β-unsaturated/α-hetero) is 1. The largest absolute Gasteiger partial charge is 0.494 e. The Labute approximate surface area is 168 Å². The van der Waals surface area contributed by atoms with E-state index in [9.17, 15) is 14.4 Å². The molecular formula is C21H25NO5S. The van der Waals surface area contributed by atoms with Crippen molar-refractivity contribution in [2.45, 2.75) is 33.7 Å². The van der Waals surface area contributed by atoms with Crippen LogP contribution >= 0.6 is 11.3 Å². The molecule has 1 aromatic carbocycles. The van der Waals surface area contributed by atoms with Crippen LogP contribution in [0.5, 0.6) is 5.75 Å². The lowest BCUT2D eigenvalue weighted by Gasteiger charge is -2.08. The number of nitrogens with one attached hydrogen (secondary N) is 1. The van der Waals surface area contributed by atoms with Crippen LogP contribution in [0.25, 0.3) is 0 Å². The molecule has 2 rings (SSSR count). The molecule has 0 radical (unpaired) electrons. The molecule has 0 aliphatic carbocycles. The van der Waals surface area contributed by atoms with Crippen molar-refractivity contribution in [3.8, 4) is 5.75 Å². The van der Waals surface area contributed by atoms with E-state index in [1.807, 2.05) is 0 Å². The molecule has 0 unspecified atom stereocenters. The van der Waals surface area contributed by atoms with Gasteiger partial charge in [-0.05, 0) is 48.7 Å². The summed E-state index contributed by atoms with van der Waals surface area (Å²) in [7, 11) is 0. The highest BCUT2D eigenvalue weighted by atomic mass is 32.1. The molecular weight excluding hydrogens is 378 g/mol. The van der Waals surface area contributed by atoms with Crippen molar-refractivity contribution < 1.29 is 23.9 Å². The first-order valence-electron chi connectivity index (χ1n) is 9.11. The molecule has 2 aromatic rings. The Hall–Kier alpha value is -2.67. The molecule has 1 amide bonds.